The standard InChI is InChI=1S/C13H19O2/c14-11-7-2-1-6-10-13(15)12-8-4-3-5-9-12/h4-5,8-9,13-15H,1-2,6-7,10-11H2. The molecule has 2 heteroatoms. The van der Waals surface area contributed by atoms with Crippen molar-refractivity contribution in [2.24, 2.45) is 0 Å². The zero-order valence-electron chi connectivity index (χ0n) is 9.02. The second-order valence-electron chi connectivity index (χ2n) is 3.78. The average molecular weight is 207 g/mol. The first kappa shape index (κ1) is 12.2. The number of hydrogen-bond donors (Lipinski definition) is 2. The summed E-state index contributed by atoms with van der Waals surface area (Å²) in [6.45, 7) is 0.275. The number of aliphatic hydroxyl groups excluding tert-OH is 2. The maximum absolute atomic E-state index is 9.81. The molecule has 1 radical (unpaired) electrons. The van der Waals surface area contributed by atoms with Crippen LogP contribution >= 0.6 is 0 Å². The zero-order chi connectivity index (χ0) is 10.9. The Labute approximate surface area is 91.6 Å². The van der Waals surface area contributed by atoms with Crippen LogP contribution in [0.15, 0.2) is 24.3 Å². The van der Waals surface area contributed by atoms with Crippen LogP contribution < -0.4 is 0 Å². The Kier molecular flexibility index (Phi) is 6.05. The minimum absolute atomic E-state index is 0.275. The van der Waals surface area contributed by atoms with Crippen molar-refractivity contribution < 1.29 is 10.2 Å². The minimum atomic E-state index is -0.353. The van der Waals surface area contributed by atoms with Gasteiger partial charge in [0.25, 0.3) is 0 Å². The molecule has 0 fully saturated rings. The Hall–Kier alpha value is -0.860. The maximum atomic E-state index is 9.81. The van der Waals surface area contributed by atoms with Crippen LogP contribution in [0.5, 0.6) is 0 Å². The van der Waals surface area contributed by atoms with Gasteiger partial charge >= 0.3 is 0 Å². The molecule has 1 aromatic carbocycles. The molecule has 1 unspecified atom stereocenters. The van der Waals surface area contributed by atoms with Crippen molar-refractivity contribution in [2.75, 3.05) is 6.61 Å². The van der Waals surface area contributed by atoms with Crippen LogP contribution in [-0.4, -0.2) is 16.8 Å². The fourth-order valence-corrected chi connectivity index (χ4v) is 1.59. The van der Waals surface area contributed by atoms with E-state index in [0.29, 0.717) is 0 Å². The number of hydrogen-bond acceptors (Lipinski definition) is 2. The molecule has 83 valence electrons. The summed E-state index contributed by atoms with van der Waals surface area (Å²) < 4.78 is 0. The molecule has 1 rings (SSSR count). The molecule has 0 saturated heterocycles. The van der Waals surface area contributed by atoms with Gasteiger partial charge in [0.1, 0.15) is 0 Å². The van der Waals surface area contributed by atoms with Gasteiger partial charge in [-0.15, -0.1) is 0 Å². The molecule has 0 bridgehead atoms. The topological polar surface area (TPSA) is 40.5 Å². The van der Waals surface area contributed by atoms with E-state index in [-0.39, 0.29) is 12.7 Å². The summed E-state index contributed by atoms with van der Waals surface area (Å²) in [5.41, 5.74) is 0.968. The average Bonchev–Trinajstić information content (AvgIpc) is 2.30. The van der Waals surface area contributed by atoms with Crippen molar-refractivity contribution in [3.8, 4) is 0 Å². The SMILES string of the molecule is OCCCCCCC(O)c1cc[c]cc1. The van der Waals surface area contributed by atoms with Gasteiger partial charge in [0.15, 0.2) is 0 Å². The summed E-state index contributed by atoms with van der Waals surface area (Å²) in [4.78, 5) is 0. The normalized spacial score (nSPS) is 12.7. The molecular formula is C13H19O2. The highest BCUT2D eigenvalue weighted by Gasteiger charge is 2.05. The minimum Gasteiger partial charge on any atom is -0.396 e. The fourth-order valence-electron chi connectivity index (χ4n) is 1.59. The lowest BCUT2D eigenvalue weighted by molar-refractivity contribution is 0.163. The summed E-state index contributed by atoms with van der Waals surface area (Å²) in [5.74, 6) is 0. The molecule has 2 N–H and O–H groups in total. The van der Waals surface area contributed by atoms with Gasteiger partial charge in [-0.25, -0.2) is 0 Å². The smallest absolute Gasteiger partial charge is 0.0790 e. The van der Waals surface area contributed by atoms with Crippen LogP contribution in [0.25, 0.3) is 0 Å². The van der Waals surface area contributed by atoms with E-state index in [9.17, 15) is 5.11 Å². The van der Waals surface area contributed by atoms with Crippen LogP contribution in [0.4, 0.5) is 0 Å². The fraction of sp³-hybridized carbons (Fsp3) is 0.538. The second kappa shape index (κ2) is 7.43. The quantitative estimate of drug-likeness (QED) is 0.674. The summed E-state index contributed by atoms with van der Waals surface area (Å²) in [6, 6.07) is 10.4. The van der Waals surface area contributed by atoms with Gasteiger partial charge in [0.2, 0.25) is 0 Å². The lowest BCUT2D eigenvalue weighted by Gasteiger charge is -2.10. The summed E-state index contributed by atoms with van der Waals surface area (Å²) >= 11 is 0. The highest BCUT2D eigenvalue weighted by molar-refractivity contribution is 5.16. The van der Waals surface area contributed by atoms with E-state index in [1.54, 1.807) is 0 Å². The summed E-state index contributed by atoms with van der Waals surface area (Å²) in [7, 11) is 0. The van der Waals surface area contributed by atoms with Gasteiger partial charge in [-0.1, -0.05) is 43.5 Å². The van der Waals surface area contributed by atoms with E-state index in [1.165, 1.54) is 0 Å². The van der Waals surface area contributed by atoms with Crippen molar-refractivity contribution in [1.29, 1.82) is 0 Å². The molecule has 1 atom stereocenters. The third kappa shape index (κ3) is 4.96. The molecule has 2 nitrogen and oxygen atoms in total. The highest BCUT2D eigenvalue weighted by Crippen LogP contribution is 2.19. The molecule has 0 aliphatic heterocycles. The molecule has 15 heavy (non-hydrogen) atoms. The molecule has 0 aliphatic carbocycles. The third-order valence-corrected chi connectivity index (χ3v) is 2.51. The van der Waals surface area contributed by atoms with E-state index < -0.39 is 0 Å². The Balaban J connectivity index is 2.16. The summed E-state index contributed by atoms with van der Waals surface area (Å²) in [5, 5.41) is 18.4. The van der Waals surface area contributed by atoms with Gasteiger partial charge < -0.3 is 10.2 Å². The van der Waals surface area contributed by atoms with Crippen LogP contribution in [-0.2, 0) is 0 Å². The van der Waals surface area contributed by atoms with Crippen LogP contribution in [0.3, 0.4) is 0 Å². The van der Waals surface area contributed by atoms with Gasteiger partial charge in [0, 0.05) is 6.61 Å². The van der Waals surface area contributed by atoms with E-state index >= 15 is 0 Å². The molecule has 0 spiro atoms. The van der Waals surface area contributed by atoms with Crippen LogP contribution in [0.1, 0.15) is 43.8 Å². The summed E-state index contributed by atoms with van der Waals surface area (Å²) in [6.07, 6.45) is 4.46. The molecular weight excluding hydrogens is 188 g/mol. The number of aliphatic hydroxyl groups is 2. The van der Waals surface area contributed by atoms with Crippen molar-refractivity contribution in [3.05, 3.63) is 35.9 Å². The van der Waals surface area contributed by atoms with Crippen molar-refractivity contribution >= 4 is 0 Å². The van der Waals surface area contributed by atoms with E-state index in [4.69, 9.17) is 5.11 Å². The van der Waals surface area contributed by atoms with E-state index in [2.05, 4.69) is 6.07 Å². The molecule has 0 aliphatic rings. The van der Waals surface area contributed by atoms with Crippen molar-refractivity contribution in [2.45, 2.75) is 38.2 Å². The Morgan fingerprint density at radius 1 is 1.07 bits per heavy atom. The molecule has 0 heterocycles. The molecule has 0 amide bonds. The first-order valence-electron chi connectivity index (χ1n) is 5.59. The monoisotopic (exact) mass is 207 g/mol. The van der Waals surface area contributed by atoms with Crippen molar-refractivity contribution in [1.82, 2.24) is 0 Å². The largest absolute Gasteiger partial charge is 0.396 e. The lowest BCUT2D eigenvalue weighted by atomic mass is 10.0. The predicted molar refractivity (Wildman–Crippen MR) is 60.4 cm³/mol. The predicted octanol–water partition coefficient (Wildman–Crippen LogP) is 2.46. The molecule has 0 saturated carbocycles. The third-order valence-electron chi connectivity index (χ3n) is 2.51. The second-order valence-corrected chi connectivity index (χ2v) is 3.78. The Morgan fingerprint density at radius 2 is 1.73 bits per heavy atom. The zero-order valence-corrected chi connectivity index (χ0v) is 9.02. The Bertz CT molecular complexity index is 246. The van der Waals surface area contributed by atoms with E-state index in [0.717, 1.165) is 37.7 Å². The number of rotatable bonds is 7. The van der Waals surface area contributed by atoms with Crippen molar-refractivity contribution in [3.63, 3.8) is 0 Å². The van der Waals surface area contributed by atoms with Gasteiger partial charge in [0.05, 0.1) is 6.10 Å². The number of unbranched alkanes of at least 4 members (excludes halogenated alkanes) is 3. The highest BCUT2D eigenvalue weighted by atomic mass is 16.3. The molecule has 1 aromatic rings. The van der Waals surface area contributed by atoms with Gasteiger partial charge in [-0.05, 0) is 24.5 Å². The number of benzene rings is 1. The Morgan fingerprint density at radius 3 is 2.40 bits per heavy atom. The van der Waals surface area contributed by atoms with Crippen LogP contribution in [0, 0.1) is 6.07 Å². The maximum Gasteiger partial charge on any atom is 0.0790 e. The van der Waals surface area contributed by atoms with E-state index in [1.807, 2.05) is 24.3 Å². The first-order valence-corrected chi connectivity index (χ1v) is 5.59. The first-order chi connectivity index (χ1) is 7.34. The van der Waals surface area contributed by atoms with Gasteiger partial charge in [-0.3, -0.25) is 0 Å². The molecule has 0 aromatic heterocycles. The van der Waals surface area contributed by atoms with Gasteiger partial charge in [-0.2, -0.15) is 0 Å². The lowest BCUT2D eigenvalue weighted by Crippen LogP contribution is -1.97. The van der Waals surface area contributed by atoms with Crippen LogP contribution in [0.2, 0.25) is 0 Å².